The van der Waals surface area contributed by atoms with E-state index in [1.54, 1.807) is 0 Å². The van der Waals surface area contributed by atoms with Crippen LogP contribution in [0.4, 0.5) is 5.82 Å². The number of aromatic nitrogens is 1. The lowest BCUT2D eigenvalue weighted by molar-refractivity contribution is 0.0341. The van der Waals surface area contributed by atoms with Crippen molar-refractivity contribution < 1.29 is 4.74 Å². The smallest absolute Gasteiger partial charge is 0.129 e. The van der Waals surface area contributed by atoms with E-state index in [0.717, 1.165) is 34.3 Å². The Kier molecular flexibility index (Phi) is 3.46. The highest BCUT2D eigenvalue weighted by Crippen LogP contribution is 2.24. The van der Waals surface area contributed by atoms with Crippen LogP contribution in [-0.4, -0.2) is 30.3 Å². The van der Waals surface area contributed by atoms with Gasteiger partial charge in [0, 0.05) is 16.4 Å². The fourth-order valence-electron chi connectivity index (χ4n) is 2.47. The summed E-state index contributed by atoms with van der Waals surface area (Å²) < 4.78 is 6.76. The molecule has 0 bridgehead atoms. The van der Waals surface area contributed by atoms with Crippen molar-refractivity contribution in [2.24, 2.45) is 0 Å². The highest BCUT2D eigenvalue weighted by Gasteiger charge is 2.24. The van der Waals surface area contributed by atoms with Crippen molar-refractivity contribution in [3.8, 4) is 0 Å². The van der Waals surface area contributed by atoms with Gasteiger partial charge in [0.25, 0.3) is 0 Å². The van der Waals surface area contributed by atoms with E-state index in [0.29, 0.717) is 6.04 Å². The Bertz CT molecular complexity index is 602. The van der Waals surface area contributed by atoms with Crippen LogP contribution in [0.15, 0.2) is 34.8 Å². The largest absolute Gasteiger partial charge is 0.375 e. The molecule has 1 saturated heterocycles. The lowest BCUT2D eigenvalue weighted by Gasteiger charge is -2.37. The fourth-order valence-corrected chi connectivity index (χ4v) is 2.85. The van der Waals surface area contributed by atoms with E-state index in [-0.39, 0.29) is 6.10 Å². The second-order valence-corrected chi connectivity index (χ2v) is 6.07. The van der Waals surface area contributed by atoms with Gasteiger partial charge in [-0.1, -0.05) is 15.9 Å². The van der Waals surface area contributed by atoms with Crippen molar-refractivity contribution in [2.45, 2.75) is 26.0 Å². The number of rotatable bonds is 1. The van der Waals surface area contributed by atoms with Gasteiger partial charge in [0.05, 0.1) is 24.3 Å². The maximum Gasteiger partial charge on any atom is 0.129 e. The van der Waals surface area contributed by atoms with Crippen LogP contribution in [0, 0.1) is 0 Å². The first-order valence-corrected chi connectivity index (χ1v) is 7.37. The van der Waals surface area contributed by atoms with E-state index in [1.807, 2.05) is 6.07 Å². The van der Waals surface area contributed by atoms with Crippen LogP contribution in [0.1, 0.15) is 13.8 Å². The molecule has 1 aliphatic heterocycles. The molecular weight excluding hydrogens is 304 g/mol. The third kappa shape index (κ3) is 2.60. The predicted octanol–water partition coefficient (Wildman–Crippen LogP) is 3.61. The third-order valence-electron chi connectivity index (χ3n) is 3.54. The molecule has 0 spiro atoms. The molecule has 3 rings (SSSR count). The molecule has 2 aromatic rings. The summed E-state index contributed by atoms with van der Waals surface area (Å²) in [7, 11) is 0. The van der Waals surface area contributed by atoms with E-state index < -0.39 is 0 Å². The van der Waals surface area contributed by atoms with Crippen LogP contribution in [0.3, 0.4) is 0 Å². The van der Waals surface area contributed by atoms with Gasteiger partial charge < -0.3 is 9.64 Å². The molecule has 2 atom stereocenters. The molecule has 0 N–H and O–H groups in total. The van der Waals surface area contributed by atoms with Crippen molar-refractivity contribution in [3.63, 3.8) is 0 Å². The molecule has 0 saturated carbocycles. The van der Waals surface area contributed by atoms with Crippen LogP contribution in [0.2, 0.25) is 0 Å². The van der Waals surface area contributed by atoms with Crippen LogP contribution >= 0.6 is 15.9 Å². The van der Waals surface area contributed by atoms with Gasteiger partial charge in [0.2, 0.25) is 0 Å². The van der Waals surface area contributed by atoms with Gasteiger partial charge in [0.1, 0.15) is 5.82 Å². The summed E-state index contributed by atoms with van der Waals surface area (Å²) in [6, 6.07) is 10.8. The lowest BCUT2D eigenvalue weighted by atomic mass is 10.2. The number of nitrogens with zero attached hydrogens (tertiary/aromatic N) is 2. The quantitative estimate of drug-likeness (QED) is 0.802. The van der Waals surface area contributed by atoms with E-state index in [2.05, 4.69) is 58.9 Å². The highest BCUT2D eigenvalue weighted by atomic mass is 79.9. The number of ether oxygens (including phenoxy) is 1. The van der Waals surface area contributed by atoms with E-state index in [4.69, 9.17) is 9.72 Å². The molecule has 3 nitrogen and oxygen atoms in total. The molecular formula is C15H17BrN2O. The maximum absolute atomic E-state index is 5.67. The van der Waals surface area contributed by atoms with Gasteiger partial charge >= 0.3 is 0 Å². The topological polar surface area (TPSA) is 25.4 Å². The van der Waals surface area contributed by atoms with Crippen molar-refractivity contribution in [1.29, 1.82) is 0 Å². The first-order chi connectivity index (χ1) is 9.13. The minimum atomic E-state index is 0.263. The Morgan fingerprint density at radius 3 is 2.95 bits per heavy atom. The Hall–Kier alpha value is -1.13. The van der Waals surface area contributed by atoms with Crippen molar-refractivity contribution in [2.75, 3.05) is 18.1 Å². The molecule has 1 aromatic carbocycles. The summed E-state index contributed by atoms with van der Waals surface area (Å²) in [5.41, 5.74) is 1.03. The number of hydrogen-bond donors (Lipinski definition) is 0. The van der Waals surface area contributed by atoms with Gasteiger partial charge in [-0.05, 0) is 44.2 Å². The number of pyridine rings is 1. The Balaban J connectivity index is 1.98. The van der Waals surface area contributed by atoms with Crippen LogP contribution in [0.25, 0.3) is 10.9 Å². The standard InChI is InChI=1S/C15H17BrN2O/c1-10-9-19-11(2)8-18(10)15-6-3-12-7-13(16)4-5-14(12)17-15/h3-7,10-11H,8-9H2,1-2H3. The number of halogens is 1. The molecule has 1 aliphatic rings. The van der Waals surface area contributed by atoms with Gasteiger partial charge in [-0.15, -0.1) is 0 Å². The zero-order valence-corrected chi connectivity index (χ0v) is 12.7. The number of fused-ring (bicyclic) bond motifs is 1. The SMILES string of the molecule is CC1CN(c2ccc3cc(Br)ccc3n2)C(C)CO1. The molecule has 19 heavy (non-hydrogen) atoms. The van der Waals surface area contributed by atoms with Gasteiger partial charge in [-0.2, -0.15) is 0 Å². The predicted molar refractivity (Wildman–Crippen MR) is 81.7 cm³/mol. The first kappa shape index (κ1) is 12.9. The number of hydrogen-bond acceptors (Lipinski definition) is 3. The van der Waals surface area contributed by atoms with Crippen LogP contribution in [0.5, 0.6) is 0 Å². The average molecular weight is 321 g/mol. The van der Waals surface area contributed by atoms with Crippen LogP contribution < -0.4 is 4.90 Å². The average Bonchev–Trinajstić information content (AvgIpc) is 2.41. The summed E-state index contributed by atoms with van der Waals surface area (Å²) in [5.74, 6) is 1.04. The number of anilines is 1. The Morgan fingerprint density at radius 1 is 1.26 bits per heavy atom. The number of benzene rings is 1. The molecule has 0 aliphatic carbocycles. The minimum absolute atomic E-state index is 0.263. The van der Waals surface area contributed by atoms with Crippen molar-refractivity contribution in [3.05, 3.63) is 34.8 Å². The Labute approximate surface area is 121 Å². The monoisotopic (exact) mass is 320 g/mol. The minimum Gasteiger partial charge on any atom is -0.375 e. The third-order valence-corrected chi connectivity index (χ3v) is 4.03. The zero-order valence-electron chi connectivity index (χ0n) is 11.1. The molecule has 2 unspecified atom stereocenters. The summed E-state index contributed by atoms with van der Waals surface area (Å²) >= 11 is 3.49. The molecule has 100 valence electrons. The van der Waals surface area contributed by atoms with E-state index >= 15 is 0 Å². The van der Waals surface area contributed by atoms with Crippen LogP contribution in [-0.2, 0) is 4.74 Å². The number of morpholine rings is 1. The molecule has 2 heterocycles. The molecule has 0 radical (unpaired) electrons. The summed E-state index contributed by atoms with van der Waals surface area (Å²) in [5, 5.41) is 1.16. The molecule has 1 fully saturated rings. The molecule has 0 amide bonds. The van der Waals surface area contributed by atoms with Crippen molar-refractivity contribution >= 4 is 32.7 Å². The fraction of sp³-hybridized carbons (Fsp3) is 0.400. The second kappa shape index (κ2) is 5.10. The molecule has 4 heteroatoms. The Morgan fingerprint density at radius 2 is 2.11 bits per heavy atom. The zero-order chi connectivity index (χ0) is 13.4. The molecule has 1 aromatic heterocycles. The van der Waals surface area contributed by atoms with E-state index in [9.17, 15) is 0 Å². The highest BCUT2D eigenvalue weighted by molar-refractivity contribution is 9.10. The summed E-state index contributed by atoms with van der Waals surface area (Å²) in [6.07, 6.45) is 0.263. The lowest BCUT2D eigenvalue weighted by Crippen LogP contribution is -2.47. The van der Waals surface area contributed by atoms with Gasteiger partial charge in [-0.3, -0.25) is 0 Å². The summed E-state index contributed by atoms with van der Waals surface area (Å²) in [6.45, 7) is 5.95. The van der Waals surface area contributed by atoms with Gasteiger partial charge in [-0.25, -0.2) is 4.98 Å². The van der Waals surface area contributed by atoms with Crippen molar-refractivity contribution in [1.82, 2.24) is 4.98 Å². The normalized spacial score (nSPS) is 23.8. The van der Waals surface area contributed by atoms with E-state index in [1.165, 1.54) is 0 Å². The maximum atomic E-state index is 5.67. The first-order valence-electron chi connectivity index (χ1n) is 6.58. The van der Waals surface area contributed by atoms with Gasteiger partial charge in [0.15, 0.2) is 0 Å². The second-order valence-electron chi connectivity index (χ2n) is 5.15. The summed E-state index contributed by atoms with van der Waals surface area (Å²) in [4.78, 5) is 7.10.